The number of carbonyl (C=O) groups excluding carboxylic acids is 1. The van der Waals surface area contributed by atoms with E-state index in [0.29, 0.717) is 44.6 Å². The van der Waals surface area contributed by atoms with Gasteiger partial charge in [-0.2, -0.15) is 0 Å². The van der Waals surface area contributed by atoms with Gasteiger partial charge in [0.2, 0.25) is 0 Å². The van der Waals surface area contributed by atoms with Crippen LogP contribution in [0.15, 0.2) is 60.8 Å². The predicted octanol–water partition coefficient (Wildman–Crippen LogP) is 6.13. The Bertz CT molecular complexity index is 1080. The number of rotatable bonds is 7. The molecule has 31 heavy (non-hydrogen) atoms. The molecule has 0 aliphatic carbocycles. The predicted molar refractivity (Wildman–Crippen MR) is 130 cm³/mol. The van der Waals surface area contributed by atoms with Crippen LogP contribution in [0.4, 0.5) is 11.4 Å². The fourth-order valence-electron chi connectivity index (χ4n) is 2.55. The monoisotopic (exact) mass is 474 g/mol. The molecule has 0 saturated heterocycles. The number of amides is 1. The van der Waals surface area contributed by atoms with Gasteiger partial charge >= 0.3 is 0 Å². The van der Waals surface area contributed by atoms with Gasteiger partial charge in [0.05, 0.1) is 10.7 Å². The molecule has 0 atom stereocenters. The molecule has 2 aromatic carbocycles. The minimum Gasteiger partial charge on any atom is -0.457 e. The van der Waals surface area contributed by atoms with Crippen molar-refractivity contribution in [2.75, 3.05) is 17.2 Å². The van der Waals surface area contributed by atoms with Gasteiger partial charge in [-0.25, -0.2) is 0 Å². The van der Waals surface area contributed by atoms with E-state index in [9.17, 15) is 4.79 Å². The topological polar surface area (TPSA) is 75.3 Å². The van der Waals surface area contributed by atoms with Crippen LogP contribution >= 0.6 is 35.4 Å². The van der Waals surface area contributed by atoms with Gasteiger partial charge in [-0.3, -0.25) is 9.78 Å². The molecule has 1 heterocycles. The first-order chi connectivity index (χ1) is 14.9. The minimum absolute atomic E-state index is 0.228. The first kappa shape index (κ1) is 22.8. The van der Waals surface area contributed by atoms with E-state index < -0.39 is 0 Å². The number of thiocarbonyl (C=S) groups is 1. The van der Waals surface area contributed by atoms with Crippen molar-refractivity contribution in [3.63, 3.8) is 0 Å². The van der Waals surface area contributed by atoms with Gasteiger partial charge in [-0.15, -0.1) is 0 Å². The second-order valence-electron chi connectivity index (χ2n) is 6.46. The zero-order valence-corrected chi connectivity index (χ0v) is 18.9. The number of nitrogens with one attached hydrogen (secondary N) is 3. The number of hydrogen-bond acceptors (Lipinski definition) is 4. The quantitative estimate of drug-likeness (QED) is 0.357. The van der Waals surface area contributed by atoms with E-state index in [-0.39, 0.29) is 5.91 Å². The van der Waals surface area contributed by atoms with Crippen LogP contribution in [0.2, 0.25) is 10.0 Å². The molecule has 0 unspecified atom stereocenters. The van der Waals surface area contributed by atoms with E-state index >= 15 is 0 Å². The summed E-state index contributed by atoms with van der Waals surface area (Å²) in [5.41, 5.74) is 1.73. The third-order valence-electron chi connectivity index (χ3n) is 4.03. The van der Waals surface area contributed by atoms with E-state index in [1.165, 1.54) is 6.20 Å². The maximum absolute atomic E-state index is 12.1. The summed E-state index contributed by atoms with van der Waals surface area (Å²) in [6.45, 7) is 2.59. The summed E-state index contributed by atoms with van der Waals surface area (Å²) in [7, 11) is 0. The molecule has 0 fully saturated rings. The smallest absolute Gasteiger partial charge is 0.270 e. The van der Waals surface area contributed by atoms with E-state index in [1.54, 1.807) is 42.5 Å². The molecule has 1 amide bonds. The maximum Gasteiger partial charge on any atom is 0.270 e. The largest absolute Gasteiger partial charge is 0.457 e. The van der Waals surface area contributed by atoms with Crippen LogP contribution in [0.25, 0.3) is 0 Å². The van der Waals surface area contributed by atoms with Crippen LogP contribution in [-0.2, 0) is 0 Å². The molecule has 0 saturated carbocycles. The second-order valence-corrected chi connectivity index (χ2v) is 7.71. The molecule has 0 aliphatic rings. The van der Waals surface area contributed by atoms with Crippen LogP contribution < -0.4 is 20.7 Å². The van der Waals surface area contributed by atoms with Crippen LogP contribution in [0.1, 0.15) is 23.8 Å². The van der Waals surface area contributed by atoms with E-state index in [4.69, 9.17) is 40.2 Å². The Morgan fingerprint density at radius 2 is 1.81 bits per heavy atom. The first-order valence-corrected chi connectivity index (χ1v) is 10.7. The lowest BCUT2D eigenvalue weighted by atomic mass is 10.3. The van der Waals surface area contributed by atoms with Crippen LogP contribution in [0.5, 0.6) is 11.5 Å². The summed E-state index contributed by atoms with van der Waals surface area (Å²) in [6.07, 6.45) is 2.39. The second kappa shape index (κ2) is 10.9. The highest BCUT2D eigenvalue weighted by Gasteiger charge is 2.09. The van der Waals surface area contributed by atoms with Crippen molar-refractivity contribution in [3.05, 3.63) is 76.5 Å². The minimum atomic E-state index is -0.228. The molecule has 1 aromatic heterocycles. The van der Waals surface area contributed by atoms with Gasteiger partial charge in [-0.05, 0) is 67.2 Å². The van der Waals surface area contributed by atoms with E-state index in [0.717, 1.165) is 12.1 Å². The third kappa shape index (κ3) is 6.82. The average Bonchev–Trinajstić information content (AvgIpc) is 2.75. The SMILES string of the molecule is CCCNC(=O)c1cc(Oc2ccc(NC(=S)Nc3ccc(Cl)cc3Cl)cc2)ccn1. The zero-order valence-electron chi connectivity index (χ0n) is 16.6. The molecular formula is C22H20Cl2N4O2S. The summed E-state index contributed by atoms with van der Waals surface area (Å²) in [4.78, 5) is 16.1. The van der Waals surface area contributed by atoms with Crippen molar-refractivity contribution >= 4 is 57.8 Å². The van der Waals surface area contributed by atoms with Gasteiger partial charge < -0.3 is 20.7 Å². The molecule has 0 radical (unpaired) electrons. The lowest BCUT2D eigenvalue weighted by molar-refractivity contribution is 0.0948. The van der Waals surface area contributed by atoms with Crippen molar-refractivity contribution in [1.29, 1.82) is 0 Å². The average molecular weight is 475 g/mol. The number of aromatic nitrogens is 1. The van der Waals surface area contributed by atoms with Crippen molar-refractivity contribution < 1.29 is 9.53 Å². The van der Waals surface area contributed by atoms with Crippen molar-refractivity contribution in [3.8, 4) is 11.5 Å². The van der Waals surface area contributed by atoms with Gasteiger partial charge in [0.25, 0.3) is 5.91 Å². The number of pyridine rings is 1. The Balaban J connectivity index is 1.59. The number of carbonyl (C=O) groups is 1. The normalized spacial score (nSPS) is 10.3. The number of benzene rings is 2. The summed E-state index contributed by atoms with van der Waals surface area (Å²) in [5.74, 6) is 0.900. The van der Waals surface area contributed by atoms with E-state index in [1.807, 2.05) is 19.1 Å². The molecule has 9 heteroatoms. The van der Waals surface area contributed by atoms with Crippen molar-refractivity contribution in [1.82, 2.24) is 10.3 Å². The van der Waals surface area contributed by atoms with Gasteiger partial charge in [0, 0.05) is 29.5 Å². The molecule has 0 bridgehead atoms. The lowest BCUT2D eigenvalue weighted by Gasteiger charge is -2.13. The molecule has 3 aromatic rings. The van der Waals surface area contributed by atoms with Crippen molar-refractivity contribution in [2.45, 2.75) is 13.3 Å². The molecule has 0 aliphatic heterocycles. The van der Waals surface area contributed by atoms with Crippen LogP contribution in [0, 0.1) is 0 Å². The molecule has 6 nitrogen and oxygen atoms in total. The van der Waals surface area contributed by atoms with Gasteiger partial charge in [-0.1, -0.05) is 30.1 Å². The summed E-state index contributed by atoms with van der Waals surface area (Å²) >= 11 is 17.4. The fourth-order valence-corrected chi connectivity index (χ4v) is 3.23. The maximum atomic E-state index is 12.1. The molecule has 160 valence electrons. The summed E-state index contributed by atoms with van der Waals surface area (Å²) in [6, 6.07) is 15.6. The third-order valence-corrected chi connectivity index (χ3v) is 4.78. The van der Waals surface area contributed by atoms with Crippen LogP contribution in [0.3, 0.4) is 0 Å². The molecule has 0 spiro atoms. The Morgan fingerprint density at radius 1 is 1.03 bits per heavy atom. The standard InChI is InChI=1S/C22H20Cl2N4O2S/c1-2-10-26-21(29)20-13-17(9-11-25-20)30-16-6-4-15(5-7-16)27-22(31)28-19-8-3-14(23)12-18(19)24/h3-9,11-13H,2,10H2,1H3,(H,26,29)(H2,27,28,31). The summed E-state index contributed by atoms with van der Waals surface area (Å²) in [5, 5.41) is 10.3. The molecule has 3 N–H and O–H groups in total. The number of ether oxygens (including phenoxy) is 1. The fraction of sp³-hybridized carbons (Fsp3) is 0.136. The van der Waals surface area contributed by atoms with Crippen molar-refractivity contribution in [2.24, 2.45) is 0 Å². The Hall–Kier alpha value is -2.87. The zero-order chi connectivity index (χ0) is 22.2. The lowest BCUT2D eigenvalue weighted by Crippen LogP contribution is -2.24. The molecule has 3 rings (SSSR count). The number of hydrogen-bond donors (Lipinski definition) is 3. The highest BCUT2D eigenvalue weighted by atomic mass is 35.5. The Morgan fingerprint density at radius 3 is 2.52 bits per heavy atom. The van der Waals surface area contributed by atoms with E-state index in [2.05, 4.69) is 20.9 Å². The first-order valence-electron chi connectivity index (χ1n) is 9.50. The molecular weight excluding hydrogens is 455 g/mol. The van der Waals surface area contributed by atoms with Gasteiger partial charge in [0.15, 0.2) is 5.11 Å². The van der Waals surface area contributed by atoms with Crippen LogP contribution in [-0.4, -0.2) is 22.5 Å². The number of anilines is 2. The number of nitrogens with zero attached hydrogens (tertiary/aromatic N) is 1. The summed E-state index contributed by atoms with van der Waals surface area (Å²) < 4.78 is 5.83. The highest BCUT2D eigenvalue weighted by molar-refractivity contribution is 7.80. The highest BCUT2D eigenvalue weighted by Crippen LogP contribution is 2.26. The number of halogens is 2. The van der Waals surface area contributed by atoms with Gasteiger partial charge in [0.1, 0.15) is 17.2 Å². The Kier molecular flexibility index (Phi) is 8.06. The Labute approximate surface area is 195 Å².